The zero-order valence-corrected chi connectivity index (χ0v) is 39.9. The van der Waals surface area contributed by atoms with Crippen LogP contribution in [0.15, 0.2) is 29.8 Å². The summed E-state index contributed by atoms with van der Waals surface area (Å²) >= 11 is 0. The number of nitrogens with one attached hydrogen (secondary N) is 1. The molecule has 3 saturated heterocycles. The van der Waals surface area contributed by atoms with E-state index in [2.05, 4.69) is 37.3 Å². The lowest BCUT2D eigenvalue weighted by molar-refractivity contribution is -0.314. The van der Waals surface area contributed by atoms with Crippen LogP contribution in [0, 0.1) is 35.5 Å². The molecule has 0 spiro atoms. The number of fused-ring (bicyclic) bond motifs is 5. The number of esters is 1. The average Bonchev–Trinajstić information content (AvgIpc) is 3.87. The molecule has 0 radical (unpaired) electrons. The number of cyclic esters (lactones) is 1. The zero-order valence-electron chi connectivity index (χ0n) is 39.9. The van der Waals surface area contributed by atoms with Crippen molar-refractivity contribution in [2.75, 3.05) is 55.0 Å². The van der Waals surface area contributed by atoms with Gasteiger partial charge in [-0.25, -0.2) is 0 Å². The highest BCUT2D eigenvalue weighted by molar-refractivity contribution is 5.99. The van der Waals surface area contributed by atoms with Crippen molar-refractivity contribution in [1.82, 2.24) is 4.90 Å². The number of nitrogens with zero attached hydrogens (tertiary/aromatic N) is 1. The first-order valence-electron chi connectivity index (χ1n) is 23.7. The van der Waals surface area contributed by atoms with Crippen LogP contribution >= 0.6 is 0 Å². The number of carbonyl (C=O) groups is 2. The lowest BCUT2D eigenvalue weighted by Gasteiger charge is -2.47. The molecule has 5 fully saturated rings. The number of ketones is 1. The number of carbonyl (C=O) groups excluding carboxylic acids is 2. The summed E-state index contributed by atoms with van der Waals surface area (Å²) in [5.41, 5.74) is 1.30. The standard InChI is InChI=1S/C49H76N2O13/c1-12-29-14-13-15-39(64-41-17-16-38(51(5)6)26(3)60-41)25(2)44(53)37-23-34-33-21-32(63-49-48(59-11)47(58-10)46(57-9)27(4)61-49)22-36(33)45(54)43(42(34)35(37)24-40(52)62-29)50-28-18-30(55-7)20-31(19-28)56-8/h18-20,23,25-27,29,32-36,38-39,41-43,45-50,54H,12-17,21-22,24H2,1-11H3/t25-,26?,27?,29+,32+,33+,34+,35-,36-,38+,39+,41+,42-,43-,45-,46+,47?,48?,49+/m1/s1. The fourth-order valence-corrected chi connectivity index (χ4v) is 12.3. The molecule has 1 aromatic carbocycles. The number of allylic oxidation sites excluding steroid dienone is 2. The monoisotopic (exact) mass is 901 g/mol. The highest BCUT2D eigenvalue weighted by Gasteiger charge is 2.60. The van der Waals surface area contributed by atoms with Crippen molar-refractivity contribution in [2.45, 2.75) is 165 Å². The van der Waals surface area contributed by atoms with Gasteiger partial charge in [-0.1, -0.05) is 19.9 Å². The number of aliphatic hydroxyl groups is 1. The van der Waals surface area contributed by atoms with Gasteiger partial charge in [-0.05, 0) is 109 Å². The highest BCUT2D eigenvalue weighted by atomic mass is 16.7. The molecule has 2 saturated carbocycles. The number of aliphatic hydroxyl groups excluding tert-OH is 1. The van der Waals surface area contributed by atoms with Gasteiger partial charge in [-0.3, -0.25) is 9.59 Å². The van der Waals surface area contributed by atoms with Gasteiger partial charge >= 0.3 is 5.97 Å². The number of hydrogen-bond donors (Lipinski definition) is 2. The maximum Gasteiger partial charge on any atom is 0.306 e. The second-order valence-corrected chi connectivity index (χ2v) is 19.4. The maximum absolute atomic E-state index is 15.3. The van der Waals surface area contributed by atoms with Gasteiger partial charge in [0.05, 0.1) is 57.2 Å². The third kappa shape index (κ3) is 10.2. The number of rotatable bonds is 13. The number of Topliss-reactive ketones (excluding diaryl/α,β-unsaturated/α-hetero) is 1. The molecular weight excluding hydrogens is 825 g/mol. The summed E-state index contributed by atoms with van der Waals surface area (Å²) in [5.74, 6) is -1.05. The van der Waals surface area contributed by atoms with Gasteiger partial charge in [0, 0.05) is 63.1 Å². The van der Waals surface area contributed by atoms with E-state index in [0.29, 0.717) is 54.9 Å². The summed E-state index contributed by atoms with van der Waals surface area (Å²) in [7, 11) is 12.2. The van der Waals surface area contributed by atoms with Crippen LogP contribution in [-0.4, -0.2) is 151 Å². The molecule has 6 aliphatic rings. The Morgan fingerprint density at radius 3 is 2.12 bits per heavy atom. The molecule has 2 N–H and O–H groups in total. The van der Waals surface area contributed by atoms with Gasteiger partial charge in [-0.15, -0.1) is 0 Å². The van der Waals surface area contributed by atoms with E-state index in [1.165, 1.54) is 0 Å². The molecule has 1 aromatic rings. The topological polar surface area (TPSA) is 162 Å². The zero-order chi connectivity index (χ0) is 46.0. The first-order chi connectivity index (χ1) is 30.7. The van der Waals surface area contributed by atoms with E-state index in [0.717, 1.165) is 19.3 Å². The molecule has 360 valence electrons. The molecule has 0 bridgehead atoms. The second-order valence-electron chi connectivity index (χ2n) is 19.4. The number of benzene rings is 1. The van der Waals surface area contributed by atoms with Crippen molar-refractivity contribution in [2.24, 2.45) is 35.5 Å². The Balaban J connectivity index is 1.24. The quantitative estimate of drug-likeness (QED) is 0.229. The molecular formula is C49H76N2O13. The Bertz CT molecular complexity index is 1740. The van der Waals surface area contributed by atoms with Gasteiger partial charge < -0.3 is 62.7 Å². The van der Waals surface area contributed by atoms with Crippen molar-refractivity contribution < 1.29 is 62.1 Å². The van der Waals surface area contributed by atoms with Crippen molar-refractivity contribution in [3.05, 3.63) is 29.8 Å². The molecule has 3 heterocycles. The summed E-state index contributed by atoms with van der Waals surface area (Å²) < 4.78 is 61.6. The molecule has 15 nitrogen and oxygen atoms in total. The molecule has 4 unspecified atom stereocenters. The smallest absolute Gasteiger partial charge is 0.306 e. The van der Waals surface area contributed by atoms with Gasteiger partial charge in [0.15, 0.2) is 18.4 Å². The highest BCUT2D eigenvalue weighted by Crippen LogP contribution is 2.58. The van der Waals surface area contributed by atoms with E-state index in [-0.39, 0.29) is 78.4 Å². The number of ether oxygens (including phenoxy) is 10. The van der Waals surface area contributed by atoms with Gasteiger partial charge in [0.25, 0.3) is 0 Å². The van der Waals surface area contributed by atoms with Gasteiger partial charge in [0.2, 0.25) is 0 Å². The van der Waals surface area contributed by atoms with E-state index in [4.69, 9.17) is 47.4 Å². The van der Waals surface area contributed by atoms with E-state index < -0.39 is 54.9 Å². The number of anilines is 1. The van der Waals surface area contributed by atoms with Crippen molar-refractivity contribution in [1.29, 1.82) is 0 Å². The molecule has 0 amide bonds. The first kappa shape index (κ1) is 49.1. The third-order valence-corrected chi connectivity index (χ3v) is 15.6. The van der Waals surface area contributed by atoms with Crippen LogP contribution in [0.25, 0.3) is 0 Å². The van der Waals surface area contributed by atoms with Crippen LogP contribution in [0.2, 0.25) is 0 Å². The Hall–Kier alpha value is -2.86. The van der Waals surface area contributed by atoms with E-state index in [1.54, 1.807) is 41.6 Å². The SMILES string of the molecule is CC[C@H]1CCC[C@H](O[C@H]2CC[C@H](N(C)C)C(C)O2)[C@@H](C)C(=O)C2=C[C@H]3[C@@H]4C[C@H](O[C@@H]5OC(C)[C@H](OC)C(OC)C5OC)C[C@H]4[C@@H](O)[C@H](Nc4cc(OC)cc(OC)c4)[C@H]3[C@@H]2CC(=O)O1. The van der Waals surface area contributed by atoms with E-state index >= 15 is 4.79 Å². The van der Waals surface area contributed by atoms with Crippen LogP contribution in [0.1, 0.15) is 85.5 Å². The first-order valence-corrected chi connectivity index (χ1v) is 23.7. The van der Waals surface area contributed by atoms with E-state index in [9.17, 15) is 9.90 Å². The fourth-order valence-electron chi connectivity index (χ4n) is 12.3. The van der Waals surface area contributed by atoms with Crippen LogP contribution in [0.4, 0.5) is 5.69 Å². The van der Waals surface area contributed by atoms with Crippen LogP contribution in [0.5, 0.6) is 11.5 Å². The van der Waals surface area contributed by atoms with Gasteiger partial charge in [0.1, 0.15) is 35.9 Å². The summed E-state index contributed by atoms with van der Waals surface area (Å²) in [5, 5.41) is 16.4. The summed E-state index contributed by atoms with van der Waals surface area (Å²) in [6.45, 7) is 8.03. The van der Waals surface area contributed by atoms with Crippen LogP contribution in [0.3, 0.4) is 0 Å². The summed E-state index contributed by atoms with van der Waals surface area (Å²) in [6, 6.07) is 5.26. The predicted molar refractivity (Wildman–Crippen MR) is 238 cm³/mol. The summed E-state index contributed by atoms with van der Waals surface area (Å²) in [4.78, 5) is 31.6. The summed E-state index contributed by atoms with van der Waals surface area (Å²) in [6.07, 6.45) is 2.98. The van der Waals surface area contributed by atoms with Crippen molar-refractivity contribution in [3.63, 3.8) is 0 Å². The molecule has 3 aliphatic heterocycles. The molecule has 64 heavy (non-hydrogen) atoms. The van der Waals surface area contributed by atoms with E-state index in [1.807, 2.05) is 32.9 Å². The Morgan fingerprint density at radius 1 is 0.812 bits per heavy atom. The number of likely N-dealkylation sites (N-methyl/N-ethyl adjacent to an activating group) is 1. The fraction of sp³-hybridized carbons (Fsp3) is 0.796. The minimum absolute atomic E-state index is 0.00863. The number of methoxy groups -OCH3 is 5. The molecule has 7 rings (SSSR count). The number of hydrogen-bond acceptors (Lipinski definition) is 15. The minimum atomic E-state index is -0.875. The average molecular weight is 901 g/mol. The van der Waals surface area contributed by atoms with Crippen LogP contribution < -0.4 is 14.8 Å². The lowest BCUT2D eigenvalue weighted by atomic mass is 9.62. The largest absolute Gasteiger partial charge is 0.497 e. The molecule has 19 atom stereocenters. The Kier molecular flexibility index (Phi) is 16.4. The maximum atomic E-state index is 15.3. The van der Waals surface area contributed by atoms with Crippen molar-refractivity contribution >= 4 is 17.4 Å². The third-order valence-electron chi connectivity index (χ3n) is 15.6. The van der Waals surface area contributed by atoms with Gasteiger partial charge in [-0.2, -0.15) is 0 Å². The normalized spacial score (nSPS) is 41.8. The lowest BCUT2D eigenvalue weighted by Crippen LogP contribution is -2.59. The Labute approximate surface area is 380 Å². The predicted octanol–water partition coefficient (Wildman–Crippen LogP) is 5.79. The second kappa shape index (κ2) is 21.4. The molecule has 0 aromatic heterocycles. The van der Waals surface area contributed by atoms with Crippen molar-refractivity contribution in [3.8, 4) is 11.5 Å². The van der Waals surface area contributed by atoms with Crippen LogP contribution in [-0.2, 0) is 47.5 Å². The molecule has 3 aliphatic carbocycles. The minimum Gasteiger partial charge on any atom is -0.497 e. The Morgan fingerprint density at radius 2 is 1.50 bits per heavy atom. The molecule has 15 heteroatoms.